The van der Waals surface area contributed by atoms with E-state index in [9.17, 15) is 9.59 Å². The van der Waals surface area contributed by atoms with E-state index in [2.05, 4.69) is 0 Å². The Morgan fingerprint density at radius 2 is 1.69 bits per heavy atom. The van der Waals surface area contributed by atoms with Gasteiger partial charge in [0, 0.05) is 5.56 Å². The average molecular weight is 182 g/mol. The van der Waals surface area contributed by atoms with Gasteiger partial charge >= 0.3 is 0 Å². The topological polar surface area (TPSA) is 43.4 Å². The maximum Gasteiger partial charge on any atom is 0.268 e. The molecule has 1 aromatic rings. The highest BCUT2D eigenvalue weighted by Gasteiger charge is 2.24. The van der Waals surface area contributed by atoms with Gasteiger partial charge in [-0.15, -0.1) is 0 Å². The molecule has 0 heterocycles. The molecule has 0 aromatic heterocycles. The van der Waals surface area contributed by atoms with Crippen LogP contribution >= 0.6 is 0 Å². The molecule has 0 radical (unpaired) electrons. The third kappa shape index (κ3) is 1.79. The Bertz CT molecular complexity index is 375. The minimum Gasteiger partial charge on any atom is -0.483 e. The van der Waals surface area contributed by atoms with Gasteiger partial charge in [0.05, 0.1) is 0 Å². The zero-order valence-electron chi connectivity index (χ0n) is 8.43. The van der Waals surface area contributed by atoms with Crippen LogP contribution in [0.3, 0.4) is 0 Å². The smallest absolute Gasteiger partial charge is 0.268 e. The van der Waals surface area contributed by atoms with Crippen LogP contribution in [0.5, 0.6) is 5.75 Å². The fraction of sp³-hybridized carbons (Fsp3) is 0.600. The molecule has 0 spiro atoms. The molecule has 1 aromatic carbocycles. The van der Waals surface area contributed by atoms with Gasteiger partial charge in [0.2, 0.25) is 5.43 Å². The van der Waals surface area contributed by atoms with Crippen molar-refractivity contribution in [1.82, 2.24) is 0 Å². The van der Waals surface area contributed by atoms with Crippen molar-refractivity contribution in [1.29, 1.82) is 0 Å². The predicted octanol–water partition coefficient (Wildman–Crippen LogP) is 1.02. The Balaban J connectivity index is 2.98. The average Bonchev–Trinajstić information content (AvgIpc) is 2.01. The molecule has 0 aliphatic carbocycles. The summed E-state index contributed by atoms with van der Waals surface area (Å²) in [6, 6.07) is 0. The molecular formula is C10H14O3. The molecule has 3 heteroatoms. The van der Waals surface area contributed by atoms with E-state index < -0.39 is 11.0 Å². The van der Waals surface area contributed by atoms with E-state index in [1.54, 1.807) is 0 Å². The highest BCUT2D eigenvalue weighted by Crippen LogP contribution is 2.18. The second kappa shape index (κ2) is 2.98. The van der Waals surface area contributed by atoms with Crippen molar-refractivity contribution in [3.8, 4) is 5.75 Å². The quantitative estimate of drug-likeness (QED) is 0.641. The molecule has 0 aliphatic heterocycles. The summed E-state index contributed by atoms with van der Waals surface area (Å²) in [5.41, 5.74) is -0.750. The number of rotatable bonds is 2. The molecule has 0 bridgehead atoms. The molecule has 0 amide bonds. The van der Waals surface area contributed by atoms with Crippen molar-refractivity contribution in [2.24, 2.45) is 0 Å². The first-order valence-electron chi connectivity index (χ1n) is 4.38. The predicted molar refractivity (Wildman–Crippen MR) is 51.1 cm³/mol. The van der Waals surface area contributed by atoms with Crippen LogP contribution in [0.4, 0.5) is 0 Å². The van der Waals surface area contributed by atoms with E-state index in [0.717, 1.165) is 0 Å². The maximum atomic E-state index is 11.1. The Morgan fingerprint density at radius 3 is 2.08 bits per heavy atom. The minimum atomic E-state index is -0.480. The first-order valence-corrected chi connectivity index (χ1v) is 4.38. The van der Waals surface area contributed by atoms with Gasteiger partial charge in [0.15, 0.2) is 5.75 Å². The van der Waals surface area contributed by atoms with Gasteiger partial charge < -0.3 is 4.74 Å². The van der Waals surface area contributed by atoms with Crippen molar-refractivity contribution in [2.75, 3.05) is 0 Å². The van der Waals surface area contributed by atoms with E-state index >= 15 is 0 Å². The summed E-state index contributed by atoms with van der Waals surface area (Å²) in [6.45, 7) is 7.39. The molecule has 0 N–H and O–H groups in total. The van der Waals surface area contributed by atoms with Crippen molar-refractivity contribution in [3.63, 3.8) is 0 Å². The van der Waals surface area contributed by atoms with E-state index in [4.69, 9.17) is 4.74 Å². The van der Waals surface area contributed by atoms with Gasteiger partial charge in [-0.3, -0.25) is 9.59 Å². The number of hydrogen-bond donors (Lipinski definition) is 0. The molecule has 0 saturated carbocycles. The largest absolute Gasteiger partial charge is 0.483 e. The van der Waals surface area contributed by atoms with Crippen LogP contribution < -0.4 is 15.6 Å². The maximum absolute atomic E-state index is 11.1. The third-order valence-corrected chi connectivity index (χ3v) is 1.72. The Hall–Kier alpha value is -1.12. The molecule has 0 aliphatic rings. The van der Waals surface area contributed by atoms with Crippen LogP contribution in [0.15, 0.2) is 9.59 Å². The van der Waals surface area contributed by atoms with Gasteiger partial charge in [-0.05, 0) is 27.2 Å². The van der Waals surface area contributed by atoms with Gasteiger partial charge in [-0.1, -0.05) is 6.92 Å². The highest BCUT2D eigenvalue weighted by atomic mass is 16.5. The lowest BCUT2D eigenvalue weighted by molar-refractivity contribution is 0.125. The molecule has 13 heavy (non-hydrogen) atoms. The van der Waals surface area contributed by atoms with Crippen molar-refractivity contribution < 1.29 is 4.74 Å². The first-order chi connectivity index (χ1) is 5.87. The molecule has 1 rings (SSSR count). The standard InChI is InChI=1S/C10H14O3/c1-5-6-7(11)8(12)9(6)13-10(2,3)4/h5H2,1-4H3. The summed E-state index contributed by atoms with van der Waals surface area (Å²) in [7, 11) is 0. The lowest BCUT2D eigenvalue weighted by Crippen LogP contribution is -2.40. The first kappa shape index (κ1) is 9.96. The molecule has 72 valence electrons. The van der Waals surface area contributed by atoms with Crippen molar-refractivity contribution in [3.05, 3.63) is 26.0 Å². The third-order valence-electron chi connectivity index (χ3n) is 1.72. The van der Waals surface area contributed by atoms with E-state index in [-0.39, 0.29) is 11.2 Å². The van der Waals surface area contributed by atoms with Gasteiger partial charge in [-0.25, -0.2) is 0 Å². The van der Waals surface area contributed by atoms with E-state index in [1.807, 2.05) is 27.7 Å². The van der Waals surface area contributed by atoms with Crippen LogP contribution in [-0.4, -0.2) is 5.60 Å². The van der Waals surface area contributed by atoms with Crippen molar-refractivity contribution in [2.45, 2.75) is 39.7 Å². The highest BCUT2D eigenvalue weighted by molar-refractivity contribution is 5.39. The van der Waals surface area contributed by atoms with E-state index in [1.165, 1.54) is 0 Å². The summed E-state index contributed by atoms with van der Waals surface area (Å²) in [5, 5.41) is 0. The molecule has 0 unspecified atom stereocenters. The SMILES string of the molecule is CCc1c(OC(C)(C)C)c(=O)c1=O. The van der Waals surface area contributed by atoms with Crippen LogP contribution in [0.2, 0.25) is 0 Å². The second-order valence-corrected chi connectivity index (χ2v) is 4.03. The Kier molecular flexibility index (Phi) is 2.28. The molecule has 0 saturated heterocycles. The van der Waals surface area contributed by atoms with Gasteiger partial charge in [0.1, 0.15) is 5.60 Å². The van der Waals surface area contributed by atoms with Crippen LogP contribution in [0.1, 0.15) is 33.3 Å². The molecule has 0 atom stereocenters. The van der Waals surface area contributed by atoms with Gasteiger partial charge in [0.25, 0.3) is 5.43 Å². The number of ether oxygens (including phenoxy) is 1. The minimum absolute atomic E-state index is 0.264. The molecule has 0 fully saturated rings. The lowest BCUT2D eigenvalue weighted by atomic mass is 10.1. The van der Waals surface area contributed by atoms with Crippen molar-refractivity contribution >= 4 is 0 Å². The number of hydrogen-bond acceptors (Lipinski definition) is 3. The van der Waals surface area contributed by atoms with Gasteiger partial charge in [-0.2, -0.15) is 0 Å². The lowest BCUT2D eigenvalue weighted by Gasteiger charge is -2.23. The summed E-state index contributed by atoms with van der Waals surface area (Å²) in [5.74, 6) is 0.264. The monoisotopic (exact) mass is 182 g/mol. The zero-order chi connectivity index (χ0) is 10.2. The fourth-order valence-corrected chi connectivity index (χ4v) is 1.15. The van der Waals surface area contributed by atoms with Crippen LogP contribution in [0.25, 0.3) is 0 Å². The summed E-state index contributed by atoms with van der Waals surface area (Å²) in [6.07, 6.45) is 0.565. The zero-order valence-corrected chi connectivity index (χ0v) is 8.43. The normalized spacial score (nSPS) is 12.0. The van der Waals surface area contributed by atoms with Crippen LogP contribution in [-0.2, 0) is 6.42 Å². The Labute approximate surface area is 77.0 Å². The fourth-order valence-electron chi connectivity index (χ4n) is 1.15. The second-order valence-electron chi connectivity index (χ2n) is 4.03. The van der Waals surface area contributed by atoms with Crippen LogP contribution in [0, 0.1) is 0 Å². The summed E-state index contributed by atoms with van der Waals surface area (Å²) < 4.78 is 5.37. The summed E-state index contributed by atoms with van der Waals surface area (Å²) in [4.78, 5) is 22.1. The Morgan fingerprint density at radius 1 is 1.15 bits per heavy atom. The molecular weight excluding hydrogens is 168 g/mol. The molecule has 3 nitrogen and oxygen atoms in total. The van der Waals surface area contributed by atoms with E-state index in [0.29, 0.717) is 12.0 Å². The summed E-state index contributed by atoms with van der Waals surface area (Å²) >= 11 is 0.